The van der Waals surface area contributed by atoms with E-state index in [2.05, 4.69) is 105 Å². The van der Waals surface area contributed by atoms with Gasteiger partial charge in [0.1, 0.15) is 0 Å². The van der Waals surface area contributed by atoms with Crippen LogP contribution in [-0.4, -0.2) is 4.98 Å². The number of fused-ring (bicyclic) bond motifs is 11. The topological polar surface area (TPSA) is 15.8 Å². The quantitative estimate of drug-likeness (QED) is 0.279. The van der Waals surface area contributed by atoms with Crippen molar-refractivity contribution >= 4 is 55.5 Å². The van der Waals surface area contributed by atoms with Gasteiger partial charge in [0.05, 0.1) is 5.52 Å². The number of aromatic nitrogens is 1. The Kier molecular flexibility index (Phi) is 3.70. The lowest BCUT2D eigenvalue weighted by Gasteiger charge is -2.26. The van der Waals surface area contributed by atoms with E-state index in [1.807, 2.05) is 12.2 Å². The van der Waals surface area contributed by atoms with Crippen molar-refractivity contribution < 1.29 is 0 Å². The fourth-order valence-electron chi connectivity index (χ4n) is 6.49. The number of H-pyrrole nitrogens is 1. The predicted molar refractivity (Wildman–Crippen MR) is 149 cm³/mol. The fourth-order valence-corrected chi connectivity index (χ4v) is 6.49. The Bertz CT molecular complexity index is 1860. The van der Waals surface area contributed by atoms with Gasteiger partial charge in [-0.1, -0.05) is 99.8 Å². The van der Waals surface area contributed by atoms with Crippen LogP contribution in [0, 0.1) is 0 Å². The highest BCUT2D eigenvalue weighted by molar-refractivity contribution is 6.27. The molecule has 1 aromatic heterocycles. The summed E-state index contributed by atoms with van der Waals surface area (Å²) in [5.74, 6) is 0. The molecule has 0 spiro atoms. The van der Waals surface area contributed by atoms with Crippen LogP contribution in [0.3, 0.4) is 0 Å². The van der Waals surface area contributed by atoms with E-state index < -0.39 is 0 Å². The van der Waals surface area contributed by atoms with E-state index in [0.29, 0.717) is 0 Å². The molecule has 6 aromatic rings. The van der Waals surface area contributed by atoms with Crippen LogP contribution in [0.25, 0.3) is 66.6 Å². The minimum atomic E-state index is -0.164. The number of benzene rings is 5. The van der Waals surface area contributed by atoms with Gasteiger partial charge in [-0.3, -0.25) is 0 Å². The van der Waals surface area contributed by atoms with Gasteiger partial charge < -0.3 is 4.98 Å². The van der Waals surface area contributed by atoms with Crippen LogP contribution < -0.4 is 0 Å². The van der Waals surface area contributed by atoms with Crippen LogP contribution in [0.1, 0.15) is 36.1 Å². The summed E-state index contributed by atoms with van der Waals surface area (Å²) in [5.41, 5.74) is 9.94. The highest BCUT2D eigenvalue weighted by Crippen LogP contribution is 2.56. The van der Waals surface area contributed by atoms with Crippen LogP contribution in [0.4, 0.5) is 0 Å². The predicted octanol–water partition coefficient (Wildman–Crippen LogP) is 9.22. The molecule has 7 rings (SSSR count). The number of nitrogens with one attached hydrogen (secondary N) is 1. The minimum absolute atomic E-state index is 0.164. The molecule has 34 heavy (non-hydrogen) atoms. The smallest absolute Gasteiger partial charge is 0.0554 e. The zero-order valence-corrected chi connectivity index (χ0v) is 19.5. The zero-order valence-electron chi connectivity index (χ0n) is 19.5. The largest absolute Gasteiger partial charge is 0.354 e. The molecule has 1 aliphatic carbocycles. The van der Waals surface area contributed by atoms with Crippen LogP contribution in [0.2, 0.25) is 0 Å². The van der Waals surface area contributed by atoms with Crippen molar-refractivity contribution in [3.05, 3.63) is 108 Å². The van der Waals surface area contributed by atoms with Crippen molar-refractivity contribution in [3.8, 4) is 11.1 Å². The number of hydrogen-bond acceptors (Lipinski definition) is 0. The summed E-state index contributed by atoms with van der Waals surface area (Å²) in [6.45, 7) is 13.0. The number of aromatic amines is 1. The molecule has 0 radical (unpaired) electrons. The normalized spacial score (nSPS) is 14.1. The lowest BCUT2D eigenvalue weighted by atomic mass is 9.77. The molecule has 0 bridgehead atoms. The molecule has 162 valence electrons. The van der Waals surface area contributed by atoms with E-state index in [1.54, 1.807) is 0 Å². The summed E-state index contributed by atoms with van der Waals surface area (Å²) < 4.78 is 0. The average Bonchev–Trinajstić information content (AvgIpc) is 3.34. The second kappa shape index (κ2) is 6.48. The lowest BCUT2D eigenvalue weighted by Crippen LogP contribution is -2.17. The third kappa shape index (κ3) is 2.24. The molecule has 1 heterocycles. The number of hydrogen-bond donors (Lipinski definition) is 1. The van der Waals surface area contributed by atoms with E-state index in [9.17, 15) is 0 Å². The van der Waals surface area contributed by atoms with Gasteiger partial charge in [-0.15, -0.1) is 0 Å². The molecule has 0 aliphatic heterocycles. The molecule has 0 fully saturated rings. The van der Waals surface area contributed by atoms with Crippen LogP contribution in [0.5, 0.6) is 0 Å². The summed E-state index contributed by atoms with van der Waals surface area (Å²) >= 11 is 0. The van der Waals surface area contributed by atoms with Gasteiger partial charge in [0.2, 0.25) is 0 Å². The van der Waals surface area contributed by atoms with E-state index in [0.717, 1.165) is 5.56 Å². The Morgan fingerprint density at radius 2 is 1.44 bits per heavy atom. The SMILES string of the molecule is C=Cc1ccc2c(c1C=C)C(C)(C)c1c-2c2[nH]c3cc4ccccc4cc3c2c2ccccc12. The zero-order chi connectivity index (χ0) is 23.2. The van der Waals surface area contributed by atoms with Gasteiger partial charge in [-0.05, 0) is 61.5 Å². The summed E-state index contributed by atoms with van der Waals surface area (Å²) in [6.07, 6.45) is 3.94. The van der Waals surface area contributed by atoms with Gasteiger partial charge in [0, 0.05) is 27.3 Å². The molecule has 1 N–H and O–H groups in total. The van der Waals surface area contributed by atoms with Crippen molar-refractivity contribution in [1.29, 1.82) is 0 Å². The number of rotatable bonds is 2. The Balaban J connectivity index is 1.76. The fraction of sp³-hybridized carbons (Fsp3) is 0.0909. The molecule has 1 aliphatic rings. The minimum Gasteiger partial charge on any atom is -0.354 e. The van der Waals surface area contributed by atoms with Gasteiger partial charge in [0.25, 0.3) is 0 Å². The van der Waals surface area contributed by atoms with E-state index in [-0.39, 0.29) is 5.41 Å². The second-order valence-corrected chi connectivity index (χ2v) is 9.94. The molecule has 1 nitrogen and oxygen atoms in total. The van der Waals surface area contributed by atoms with E-state index in [1.165, 1.54) is 71.2 Å². The van der Waals surface area contributed by atoms with Crippen LogP contribution >= 0.6 is 0 Å². The van der Waals surface area contributed by atoms with Gasteiger partial charge in [-0.2, -0.15) is 0 Å². The van der Waals surface area contributed by atoms with Crippen molar-refractivity contribution in [3.63, 3.8) is 0 Å². The molecule has 0 saturated carbocycles. The Labute approximate surface area is 199 Å². The van der Waals surface area contributed by atoms with E-state index in [4.69, 9.17) is 0 Å². The third-order valence-electron chi connectivity index (χ3n) is 7.85. The van der Waals surface area contributed by atoms with Gasteiger partial charge in [-0.25, -0.2) is 0 Å². The molecule has 0 atom stereocenters. The summed E-state index contributed by atoms with van der Waals surface area (Å²) in [7, 11) is 0. The lowest BCUT2D eigenvalue weighted by molar-refractivity contribution is 0.665. The monoisotopic (exact) mass is 435 g/mol. The van der Waals surface area contributed by atoms with Gasteiger partial charge >= 0.3 is 0 Å². The maximum atomic E-state index is 4.18. The Morgan fingerprint density at radius 1 is 0.735 bits per heavy atom. The summed E-state index contributed by atoms with van der Waals surface area (Å²) in [5, 5.41) is 7.76. The van der Waals surface area contributed by atoms with Crippen molar-refractivity contribution in [2.45, 2.75) is 19.3 Å². The first kappa shape index (κ1) is 19.4. The summed E-state index contributed by atoms with van der Waals surface area (Å²) in [6, 6.07) is 26.6. The molecule has 5 aromatic carbocycles. The van der Waals surface area contributed by atoms with Crippen molar-refractivity contribution in [1.82, 2.24) is 4.98 Å². The average molecular weight is 436 g/mol. The second-order valence-electron chi connectivity index (χ2n) is 9.94. The van der Waals surface area contributed by atoms with Gasteiger partial charge in [0.15, 0.2) is 0 Å². The highest BCUT2D eigenvalue weighted by atomic mass is 14.7. The molecular weight excluding hydrogens is 410 g/mol. The van der Waals surface area contributed by atoms with Crippen LogP contribution in [-0.2, 0) is 5.41 Å². The third-order valence-corrected chi connectivity index (χ3v) is 7.85. The molecule has 0 unspecified atom stereocenters. The standard InChI is InChI=1S/C33H25N/c1-5-19-15-16-25-29-31(33(3,4)30(25)22(19)6-2)24-14-10-9-13-23(24)28-26-17-20-11-7-8-12-21(20)18-27(26)34-32(28)29/h5-18,34H,1-2H2,3-4H3. The summed E-state index contributed by atoms with van der Waals surface area (Å²) in [4.78, 5) is 3.86. The Morgan fingerprint density at radius 3 is 2.18 bits per heavy atom. The Hall–Kier alpha value is -4.10. The van der Waals surface area contributed by atoms with E-state index >= 15 is 0 Å². The van der Waals surface area contributed by atoms with Crippen molar-refractivity contribution in [2.24, 2.45) is 0 Å². The first-order valence-electron chi connectivity index (χ1n) is 11.9. The first-order chi connectivity index (χ1) is 16.5. The van der Waals surface area contributed by atoms with Crippen LogP contribution in [0.15, 0.2) is 86.0 Å². The molecule has 1 heteroatoms. The first-order valence-corrected chi connectivity index (χ1v) is 11.9. The maximum absolute atomic E-state index is 4.18. The molecule has 0 amide bonds. The molecule has 0 saturated heterocycles. The highest BCUT2D eigenvalue weighted by Gasteiger charge is 2.40. The maximum Gasteiger partial charge on any atom is 0.0554 e. The van der Waals surface area contributed by atoms with Crippen molar-refractivity contribution in [2.75, 3.05) is 0 Å². The molecular formula is C33H25N.